The zero-order valence-electron chi connectivity index (χ0n) is 17.5. The molecule has 28 heavy (non-hydrogen) atoms. The van der Waals surface area contributed by atoms with E-state index in [1.807, 2.05) is 40.7 Å². The molecule has 3 heterocycles. The minimum atomic E-state index is -0.520. The predicted molar refractivity (Wildman–Crippen MR) is 111 cm³/mol. The Morgan fingerprint density at radius 2 is 1.96 bits per heavy atom. The quantitative estimate of drug-likeness (QED) is 0.771. The summed E-state index contributed by atoms with van der Waals surface area (Å²) in [6.45, 7) is 12.3. The second-order valence-corrected chi connectivity index (χ2v) is 9.40. The number of rotatable bonds is 3. The van der Waals surface area contributed by atoms with Crippen LogP contribution < -0.4 is 5.32 Å². The molecule has 0 spiro atoms. The lowest BCUT2D eigenvalue weighted by molar-refractivity contribution is 0.00897. The molecule has 152 valence electrons. The van der Waals surface area contributed by atoms with Crippen LogP contribution in [0.1, 0.15) is 68.2 Å². The molecule has 1 N–H and O–H groups in total. The number of piperidine rings is 1. The monoisotopic (exact) mass is 403 g/mol. The first-order valence-corrected chi connectivity index (χ1v) is 10.5. The molecule has 1 saturated heterocycles. The number of thiazole rings is 1. The molecule has 1 unspecified atom stereocenters. The van der Waals surface area contributed by atoms with Crippen LogP contribution in [0, 0.1) is 20.8 Å². The summed E-state index contributed by atoms with van der Waals surface area (Å²) >= 11 is 1.60. The first-order valence-electron chi connectivity index (χ1n) is 9.68. The van der Waals surface area contributed by atoms with Crippen LogP contribution in [-0.4, -0.2) is 38.1 Å². The molecule has 2 aromatic rings. The molecular formula is C20H29N5O2S. The summed E-state index contributed by atoms with van der Waals surface area (Å²) in [4.78, 5) is 29.4. The minimum Gasteiger partial charge on any atom is -0.444 e. The molecule has 2 aromatic heterocycles. The van der Waals surface area contributed by atoms with E-state index in [4.69, 9.17) is 4.74 Å². The van der Waals surface area contributed by atoms with Crippen LogP contribution in [0.2, 0.25) is 0 Å². The maximum absolute atomic E-state index is 12.7. The van der Waals surface area contributed by atoms with Gasteiger partial charge in [0.05, 0.1) is 17.4 Å². The van der Waals surface area contributed by atoms with Gasteiger partial charge in [0.15, 0.2) is 5.13 Å². The first kappa shape index (κ1) is 20.5. The zero-order chi connectivity index (χ0) is 20.5. The van der Waals surface area contributed by atoms with E-state index in [0.29, 0.717) is 18.2 Å². The van der Waals surface area contributed by atoms with E-state index in [1.54, 1.807) is 16.2 Å². The zero-order valence-corrected chi connectivity index (χ0v) is 18.3. The Labute approximate surface area is 170 Å². The molecule has 7 nitrogen and oxygen atoms in total. The Bertz CT molecular complexity index is 839. The summed E-state index contributed by atoms with van der Waals surface area (Å²) in [5.74, 6) is 1.37. The average molecular weight is 404 g/mol. The number of likely N-dealkylation sites (tertiary alicyclic amines) is 1. The normalized spacial score (nSPS) is 17.5. The number of amides is 1. The summed E-state index contributed by atoms with van der Waals surface area (Å²) in [6, 6.07) is 1.82. The molecule has 3 rings (SSSR count). The van der Waals surface area contributed by atoms with E-state index >= 15 is 0 Å². The Morgan fingerprint density at radius 3 is 2.61 bits per heavy atom. The molecule has 1 fully saturated rings. The maximum Gasteiger partial charge on any atom is 0.410 e. The average Bonchev–Trinajstić information content (AvgIpc) is 2.90. The smallest absolute Gasteiger partial charge is 0.410 e. The number of nitrogens with zero attached hydrogens (tertiary/aromatic N) is 4. The van der Waals surface area contributed by atoms with Gasteiger partial charge in [0, 0.05) is 17.5 Å². The fourth-order valence-electron chi connectivity index (χ4n) is 3.24. The van der Waals surface area contributed by atoms with Crippen molar-refractivity contribution in [3.63, 3.8) is 0 Å². The Hall–Kier alpha value is -2.22. The number of aryl methyl sites for hydroxylation is 3. The summed E-state index contributed by atoms with van der Waals surface area (Å²) in [7, 11) is 0. The maximum atomic E-state index is 12.7. The van der Waals surface area contributed by atoms with Crippen LogP contribution in [0.5, 0.6) is 0 Å². The third-order valence-corrected chi connectivity index (χ3v) is 5.58. The van der Waals surface area contributed by atoms with Crippen molar-refractivity contribution < 1.29 is 9.53 Å². The molecule has 1 atom stereocenters. The molecule has 0 aromatic carbocycles. The van der Waals surface area contributed by atoms with Crippen molar-refractivity contribution in [3.8, 4) is 0 Å². The van der Waals surface area contributed by atoms with Gasteiger partial charge in [-0.15, -0.1) is 11.3 Å². The van der Waals surface area contributed by atoms with E-state index in [9.17, 15) is 4.79 Å². The van der Waals surface area contributed by atoms with Crippen molar-refractivity contribution in [1.29, 1.82) is 0 Å². The van der Waals surface area contributed by atoms with Gasteiger partial charge in [0.25, 0.3) is 0 Å². The second kappa shape index (κ2) is 8.03. The van der Waals surface area contributed by atoms with Gasteiger partial charge in [0.1, 0.15) is 17.2 Å². The summed E-state index contributed by atoms with van der Waals surface area (Å²) in [6.07, 6.45) is 2.61. The van der Waals surface area contributed by atoms with Crippen molar-refractivity contribution >= 4 is 28.4 Å². The van der Waals surface area contributed by atoms with Crippen LogP contribution in [0.4, 0.5) is 15.7 Å². The van der Waals surface area contributed by atoms with Gasteiger partial charge in [-0.1, -0.05) is 0 Å². The summed E-state index contributed by atoms with van der Waals surface area (Å²) in [5.41, 5.74) is 1.33. The first-order chi connectivity index (χ1) is 13.1. The summed E-state index contributed by atoms with van der Waals surface area (Å²) < 4.78 is 5.62. The predicted octanol–water partition coefficient (Wildman–Crippen LogP) is 5.06. The molecule has 0 aliphatic carbocycles. The molecule has 1 amide bonds. The highest BCUT2D eigenvalue weighted by molar-refractivity contribution is 7.15. The SMILES string of the molecule is Cc1nc(Nc2nc(C)c(C)s2)cc(C2CCCCN2C(=O)OC(C)(C)C)n1. The molecule has 0 radical (unpaired) electrons. The van der Waals surface area contributed by atoms with Crippen molar-refractivity contribution in [3.05, 3.63) is 28.2 Å². The van der Waals surface area contributed by atoms with Crippen molar-refractivity contribution in [2.45, 2.75) is 72.4 Å². The number of hydrogen-bond acceptors (Lipinski definition) is 7. The fraction of sp³-hybridized carbons (Fsp3) is 0.600. The lowest BCUT2D eigenvalue weighted by Crippen LogP contribution is -2.42. The molecule has 0 bridgehead atoms. The van der Waals surface area contributed by atoms with Gasteiger partial charge in [-0.25, -0.2) is 19.7 Å². The Morgan fingerprint density at radius 1 is 1.21 bits per heavy atom. The van der Waals surface area contributed by atoms with E-state index in [1.165, 1.54) is 4.88 Å². The Kier molecular flexibility index (Phi) is 5.88. The van der Waals surface area contributed by atoms with Gasteiger partial charge >= 0.3 is 6.09 Å². The largest absolute Gasteiger partial charge is 0.444 e. The van der Waals surface area contributed by atoms with Gasteiger partial charge in [-0.3, -0.25) is 4.90 Å². The lowest BCUT2D eigenvalue weighted by Gasteiger charge is -2.36. The molecule has 8 heteroatoms. The standard InChI is InChI=1S/C20H29N5O2S/c1-12-13(2)28-18(21-12)24-17-11-15(22-14(3)23-17)16-9-7-8-10-25(16)19(26)27-20(4,5)6/h11,16H,7-10H2,1-6H3,(H,21,22,23,24). The highest BCUT2D eigenvalue weighted by Crippen LogP contribution is 2.33. The van der Waals surface area contributed by atoms with Crippen LogP contribution in [-0.2, 0) is 4.74 Å². The second-order valence-electron chi connectivity index (χ2n) is 8.20. The third-order valence-electron chi connectivity index (χ3n) is 4.59. The van der Waals surface area contributed by atoms with Crippen molar-refractivity contribution in [2.75, 3.05) is 11.9 Å². The number of carbonyl (C=O) groups excluding carboxylic acids is 1. The van der Waals surface area contributed by atoms with E-state index in [-0.39, 0.29) is 12.1 Å². The van der Waals surface area contributed by atoms with E-state index < -0.39 is 5.60 Å². The van der Waals surface area contributed by atoms with Gasteiger partial charge in [-0.2, -0.15) is 0 Å². The van der Waals surface area contributed by atoms with E-state index in [2.05, 4.69) is 27.2 Å². The number of carbonyl (C=O) groups is 1. The number of aromatic nitrogens is 3. The Balaban J connectivity index is 1.86. The minimum absolute atomic E-state index is 0.106. The van der Waals surface area contributed by atoms with Gasteiger partial charge in [0.2, 0.25) is 0 Å². The van der Waals surface area contributed by atoms with Gasteiger partial charge in [-0.05, 0) is 60.8 Å². The van der Waals surface area contributed by atoms with Crippen LogP contribution in [0.3, 0.4) is 0 Å². The molecular weight excluding hydrogens is 374 g/mol. The highest BCUT2D eigenvalue weighted by atomic mass is 32.1. The number of nitrogens with one attached hydrogen (secondary N) is 1. The summed E-state index contributed by atoms with van der Waals surface area (Å²) in [5, 5.41) is 4.10. The van der Waals surface area contributed by atoms with Crippen molar-refractivity contribution in [2.24, 2.45) is 0 Å². The topological polar surface area (TPSA) is 80.2 Å². The van der Waals surface area contributed by atoms with Crippen LogP contribution in [0.25, 0.3) is 0 Å². The van der Waals surface area contributed by atoms with Crippen molar-refractivity contribution in [1.82, 2.24) is 19.9 Å². The molecule has 1 aliphatic rings. The number of anilines is 2. The van der Waals surface area contributed by atoms with Crippen LogP contribution >= 0.6 is 11.3 Å². The van der Waals surface area contributed by atoms with Gasteiger partial charge < -0.3 is 10.1 Å². The molecule has 1 aliphatic heterocycles. The third kappa shape index (κ3) is 4.98. The van der Waals surface area contributed by atoms with E-state index in [0.717, 1.165) is 35.8 Å². The fourth-order valence-corrected chi connectivity index (χ4v) is 4.06. The highest BCUT2D eigenvalue weighted by Gasteiger charge is 2.32. The number of ether oxygens (including phenoxy) is 1. The number of hydrogen-bond donors (Lipinski definition) is 1. The molecule has 0 saturated carbocycles. The van der Waals surface area contributed by atoms with Crippen LogP contribution in [0.15, 0.2) is 6.07 Å². The lowest BCUT2D eigenvalue weighted by atomic mass is 9.99.